The van der Waals surface area contributed by atoms with Gasteiger partial charge in [0.05, 0.1) is 11.9 Å². The van der Waals surface area contributed by atoms with Crippen LogP contribution in [-0.2, 0) is 32.6 Å². The number of amides is 2. The van der Waals surface area contributed by atoms with Gasteiger partial charge >= 0.3 is 0 Å². The van der Waals surface area contributed by atoms with E-state index in [1.165, 1.54) is 11.0 Å². The molecule has 3 aromatic carbocycles. The third-order valence-electron chi connectivity index (χ3n) is 5.72. The highest BCUT2D eigenvalue weighted by Gasteiger charge is 2.33. The Labute approximate surface area is 238 Å². The number of halogens is 2. The SMILES string of the molecule is CC(C)NC(=O)[C@H](Cc1ccccc1)N(Cc1cccc(Br)c1)C(=O)CN(c1cccc(Cl)c1)S(C)(=O)=O. The number of hydrogen-bond acceptors (Lipinski definition) is 4. The van der Waals surface area contributed by atoms with Crippen LogP contribution in [-0.4, -0.2) is 50.0 Å². The summed E-state index contributed by atoms with van der Waals surface area (Å²) in [4.78, 5) is 28.9. The minimum Gasteiger partial charge on any atom is -0.352 e. The van der Waals surface area contributed by atoms with E-state index in [0.717, 1.165) is 26.2 Å². The van der Waals surface area contributed by atoms with Crippen molar-refractivity contribution in [1.29, 1.82) is 0 Å². The summed E-state index contributed by atoms with van der Waals surface area (Å²) in [6, 6.07) is 22.1. The van der Waals surface area contributed by atoms with E-state index >= 15 is 0 Å². The summed E-state index contributed by atoms with van der Waals surface area (Å²) in [6.07, 6.45) is 1.29. The molecule has 202 valence electrons. The second-order valence-electron chi connectivity index (χ2n) is 9.27. The van der Waals surface area contributed by atoms with Gasteiger partial charge in [-0.1, -0.05) is 76.1 Å². The van der Waals surface area contributed by atoms with E-state index in [-0.39, 0.29) is 30.6 Å². The van der Waals surface area contributed by atoms with Crippen LogP contribution in [0, 0.1) is 0 Å². The standard InChI is InChI=1S/C28H31BrClN3O4S/c1-20(2)31-28(35)26(16-21-9-5-4-6-10-21)32(18-22-11-7-12-23(29)15-22)27(34)19-33(38(3,36)37)25-14-8-13-24(30)17-25/h4-15,17,20,26H,16,18-19H2,1-3H3,(H,31,35)/t26-/m0/s1. The predicted octanol–water partition coefficient (Wildman–Crippen LogP) is 5.03. The van der Waals surface area contributed by atoms with Crippen LogP contribution in [0.5, 0.6) is 0 Å². The summed E-state index contributed by atoms with van der Waals surface area (Å²) in [6.45, 7) is 3.31. The molecule has 0 aliphatic carbocycles. The Kier molecular flexibility index (Phi) is 10.4. The maximum Gasteiger partial charge on any atom is 0.244 e. The maximum absolute atomic E-state index is 14.0. The van der Waals surface area contributed by atoms with Crippen molar-refractivity contribution in [1.82, 2.24) is 10.2 Å². The van der Waals surface area contributed by atoms with Crippen molar-refractivity contribution >= 4 is 55.1 Å². The fraction of sp³-hybridized carbons (Fsp3) is 0.286. The zero-order valence-electron chi connectivity index (χ0n) is 21.5. The Morgan fingerprint density at radius 2 is 1.61 bits per heavy atom. The van der Waals surface area contributed by atoms with Crippen molar-refractivity contribution in [2.45, 2.75) is 38.9 Å². The predicted molar refractivity (Wildman–Crippen MR) is 156 cm³/mol. The number of benzene rings is 3. The zero-order valence-corrected chi connectivity index (χ0v) is 24.6. The van der Waals surface area contributed by atoms with E-state index in [4.69, 9.17) is 11.6 Å². The zero-order chi connectivity index (χ0) is 27.9. The number of nitrogens with zero attached hydrogens (tertiary/aromatic N) is 2. The molecule has 0 radical (unpaired) electrons. The van der Waals surface area contributed by atoms with E-state index in [1.54, 1.807) is 18.2 Å². The number of nitrogens with one attached hydrogen (secondary N) is 1. The van der Waals surface area contributed by atoms with Crippen LogP contribution in [0.15, 0.2) is 83.3 Å². The molecule has 0 fully saturated rings. The minimum atomic E-state index is -3.85. The van der Waals surface area contributed by atoms with Gasteiger partial charge in [0.1, 0.15) is 12.6 Å². The van der Waals surface area contributed by atoms with Crippen LogP contribution in [0.25, 0.3) is 0 Å². The molecule has 0 spiro atoms. The van der Waals surface area contributed by atoms with Gasteiger partial charge in [0.15, 0.2) is 0 Å². The van der Waals surface area contributed by atoms with Gasteiger partial charge in [0, 0.05) is 28.5 Å². The third kappa shape index (κ3) is 8.58. The molecular weight excluding hydrogens is 590 g/mol. The largest absolute Gasteiger partial charge is 0.352 e. The van der Waals surface area contributed by atoms with E-state index in [9.17, 15) is 18.0 Å². The van der Waals surface area contributed by atoms with Crippen LogP contribution in [0.3, 0.4) is 0 Å². The van der Waals surface area contributed by atoms with Gasteiger partial charge in [-0.2, -0.15) is 0 Å². The van der Waals surface area contributed by atoms with E-state index in [2.05, 4.69) is 21.2 Å². The van der Waals surface area contributed by atoms with Crippen molar-refractivity contribution in [2.75, 3.05) is 17.1 Å². The molecule has 10 heteroatoms. The second kappa shape index (κ2) is 13.3. The Morgan fingerprint density at radius 1 is 0.947 bits per heavy atom. The Bertz CT molecular complexity index is 1370. The molecule has 1 N–H and O–H groups in total. The maximum atomic E-state index is 14.0. The first-order valence-electron chi connectivity index (χ1n) is 12.1. The van der Waals surface area contributed by atoms with Crippen molar-refractivity contribution in [3.05, 3.63) is 99.5 Å². The fourth-order valence-corrected chi connectivity index (χ4v) is 5.48. The smallest absolute Gasteiger partial charge is 0.244 e. The van der Waals surface area contributed by atoms with Gasteiger partial charge in [-0.25, -0.2) is 8.42 Å². The second-order valence-corrected chi connectivity index (χ2v) is 12.5. The summed E-state index contributed by atoms with van der Waals surface area (Å²) in [5, 5.41) is 3.27. The van der Waals surface area contributed by atoms with Crippen LogP contribution >= 0.6 is 27.5 Å². The first-order chi connectivity index (χ1) is 17.9. The number of carbonyl (C=O) groups is 2. The molecule has 0 bridgehead atoms. The number of anilines is 1. The Hall–Kier alpha value is -2.88. The lowest BCUT2D eigenvalue weighted by atomic mass is 10.0. The van der Waals surface area contributed by atoms with Crippen molar-refractivity contribution in [3.8, 4) is 0 Å². The van der Waals surface area contributed by atoms with Crippen LogP contribution < -0.4 is 9.62 Å². The highest BCUT2D eigenvalue weighted by atomic mass is 79.9. The topological polar surface area (TPSA) is 86.8 Å². The third-order valence-corrected chi connectivity index (χ3v) is 7.59. The van der Waals surface area contributed by atoms with Gasteiger partial charge in [0.25, 0.3) is 0 Å². The minimum absolute atomic E-state index is 0.106. The van der Waals surface area contributed by atoms with Crippen LogP contribution in [0.2, 0.25) is 5.02 Å². The molecule has 38 heavy (non-hydrogen) atoms. The molecule has 2 amide bonds. The van der Waals surface area contributed by atoms with E-state index < -0.39 is 28.5 Å². The lowest BCUT2D eigenvalue weighted by Gasteiger charge is -2.34. The Morgan fingerprint density at radius 3 is 2.21 bits per heavy atom. The van der Waals surface area contributed by atoms with Gasteiger partial charge in [-0.3, -0.25) is 13.9 Å². The summed E-state index contributed by atoms with van der Waals surface area (Å²) in [5.74, 6) is -0.837. The van der Waals surface area contributed by atoms with E-state index in [1.807, 2.05) is 68.4 Å². The molecule has 0 unspecified atom stereocenters. The first-order valence-corrected chi connectivity index (χ1v) is 15.1. The molecule has 0 saturated carbocycles. The van der Waals surface area contributed by atoms with E-state index in [0.29, 0.717) is 5.02 Å². The molecule has 3 rings (SSSR count). The summed E-state index contributed by atoms with van der Waals surface area (Å²) in [7, 11) is -3.85. The lowest BCUT2D eigenvalue weighted by molar-refractivity contribution is -0.140. The normalized spacial score (nSPS) is 12.2. The highest BCUT2D eigenvalue weighted by molar-refractivity contribution is 9.10. The lowest BCUT2D eigenvalue weighted by Crippen LogP contribution is -2.54. The average molecular weight is 621 g/mol. The summed E-state index contributed by atoms with van der Waals surface area (Å²) in [5.41, 5.74) is 1.93. The monoisotopic (exact) mass is 619 g/mol. The molecular formula is C28H31BrClN3O4S. The molecule has 1 atom stereocenters. The van der Waals surface area contributed by atoms with Crippen molar-refractivity contribution < 1.29 is 18.0 Å². The molecule has 0 aromatic heterocycles. The summed E-state index contributed by atoms with van der Waals surface area (Å²) < 4.78 is 27.4. The number of sulfonamides is 1. The van der Waals surface area contributed by atoms with Crippen LogP contribution in [0.4, 0.5) is 5.69 Å². The molecule has 0 aliphatic heterocycles. The molecule has 0 aliphatic rings. The number of rotatable bonds is 11. The molecule has 3 aromatic rings. The highest BCUT2D eigenvalue weighted by Crippen LogP contribution is 2.23. The Balaban J connectivity index is 2.06. The fourth-order valence-electron chi connectivity index (χ4n) is 4.01. The first kappa shape index (κ1) is 29.7. The average Bonchev–Trinajstić information content (AvgIpc) is 2.84. The number of hydrogen-bond donors (Lipinski definition) is 1. The van der Waals surface area contributed by atoms with Crippen LogP contribution in [0.1, 0.15) is 25.0 Å². The van der Waals surface area contributed by atoms with Gasteiger partial charge in [-0.05, 0) is 55.3 Å². The number of carbonyl (C=O) groups excluding carboxylic acids is 2. The molecule has 0 heterocycles. The van der Waals surface area contributed by atoms with Gasteiger partial charge in [0.2, 0.25) is 21.8 Å². The summed E-state index contributed by atoms with van der Waals surface area (Å²) >= 11 is 9.58. The quantitative estimate of drug-likeness (QED) is 0.326. The molecule has 7 nitrogen and oxygen atoms in total. The molecule has 0 saturated heterocycles. The van der Waals surface area contributed by atoms with Crippen molar-refractivity contribution in [3.63, 3.8) is 0 Å². The van der Waals surface area contributed by atoms with Gasteiger partial charge in [-0.15, -0.1) is 0 Å². The van der Waals surface area contributed by atoms with Gasteiger partial charge < -0.3 is 10.2 Å². The van der Waals surface area contributed by atoms with Crippen molar-refractivity contribution in [2.24, 2.45) is 0 Å².